The number of likely N-dealkylation sites (tertiary alicyclic amines) is 1. The van der Waals surface area contributed by atoms with Crippen molar-refractivity contribution in [1.82, 2.24) is 10.2 Å². The molecule has 1 unspecified atom stereocenters. The van der Waals surface area contributed by atoms with Crippen LogP contribution in [0.2, 0.25) is 0 Å². The third-order valence-corrected chi connectivity index (χ3v) is 7.18. The van der Waals surface area contributed by atoms with E-state index in [9.17, 15) is 4.79 Å². The van der Waals surface area contributed by atoms with Crippen molar-refractivity contribution in [3.05, 3.63) is 95.6 Å². The van der Waals surface area contributed by atoms with Crippen LogP contribution in [0.5, 0.6) is 5.75 Å². The monoisotopic (exact) mass is 441 g/mol. The number of hydrogen-bond acceptors (Lipinski definition) is 4. The molecule has 1 amide bonds. The quantitative estimate of drug-likeness (QED) is 0.587. The normalized spacial score (nSPS) is 21.5. The van der Waals surface area contributed by atoms with Gasteiger partial charge < -0.3 is 15.0 Å². The second-order valence-electron chi connectivity index (χ2n) is 9.33. The minimum Gasteiger partial charge on any atom is -0.410 e. The summed E-state index contributed by atoms with van der Waals surface area (Å²) in [6, 6.07) is 26.6. The van der Waals surface area contributed by atoms with Crippen LogP contribution < -0.4 is 15.0 Å². The molecule has 2 heterocycles. The lowest BCUT2D eigenvalue weighted by molar-refractivity contribution is 0.200. The molecule has 5 heteroatoms. The van der Waals surface area contributed by atoms with Crippen LogP contribution in [-0.2, 0) is 18.4 Å². The maximum atomic E-state index is 12.4. The number of hydrogen-bond donors (Lipinski definition) is 1. The molecule has 5 nitrogen and oxygen atoms in total. The van der Waals surface area contributed by atoms with E-state index in [1.165, 1.54) is 16.8 Å². The van der Waals surface area contributed by atoms with Gasteiger partial charge in [0.15, 0.2) is 0 Å². The maximum absolute atomic E-state index is 12.4. The van der Waals surface area contributed by atoms with Gasteiger partial charge in [0.05, 0.1) is 6.17 Å². The van der Waals surface area contributed by atoms with Gasteiger partial charge in [-0.05, 0) is 47.7 Å². The van der Waals surface area contributed by atoms with E-state index < -0.39 is 6.09 Å². The summed E-state index contributed by atoms with van der Waals surface area (Å²) in [7, 11) is 2.18. The van der Waals surface area contributed by atoms with Crippen LogP contribution in [0, 0.1) is 0 Å². The highest BCUT2D eigenvalue weighted by Crippen LogP contribution is 2.52. The predicted molar refractivity (Wildman–Crippen MR) is 132 cm³/mol. The first-order valence-electron chi connectivity index (χ1n) is 11.7. The van der Waals surface area contributed by atoms with Gasteiger partial charge >= 0.3 is 6.09 Å². The van der Waals surface area contributed by atoms with E-state index in [-0.39, 0.29) is 5.41 Å². The Morgan fingerprint density at radius 2 is 1.73 bits per heavy atom. The Bertz CT molecular complexity index is 1120. The first-order chi connectivity index (χ1) is 16.0. The lowest BCUT2D eigenvalue weighted by Crippen LogP contribution is -2.47. The van der Waals surface area contributed by atoms with Crippen molar-refractivity contribution in [1.29, 1.82) is 0 Å². The summed E-state index contributed by atoms with van der Waals surface area (Å²) in [6.07, 6.45) is 2.03. The molecule has 2 aliphatic rings. The van der Waals surface area contributed by atoms with E-state index >= 15 is 0 Å². The van der Waals surface area contributed by atoms with E-state index in [2.05, 4.69) is 71.6 Å². The van der Waals surface area contributed by atoms with Crippen molar-refractivity contribution in [2.45, 2.75) is 37.9 Å². The highest BCUT2D eigenvalue weighted by molar-refractivity contribution is 5.72. The molecule has 1 N–H and O–H groups in total. The van der Waals surface area contributed by atoms with Gasteiger partial charge in [0, 0.05) is 37.8 Å². The number of ether oxygens (including phenoxy) is 1. The van der Waals surface area contributed by atoms with Crippen LogP contribution in [0.3, 0.4) is 0 Å². The smallest absolute Gasteiger partial charge is 0.410 e. The van der Waals surface area contributed by atoms with Crippen LogP contribution in [0.4, 0.5) is 10.5 Å². The minimum absolute atomic E-state index is 0.0145. The van der Waals surface area contributed by atoms with E-state index in [0.717, 1.165) is 31.5 Å². The molecule has 170 valence electrons. The Hall–Kier alpha value is -3.31. The average molecular weight is 442 g/mol. The fourth-order valence-electron chi connectivity index (χ4n) is 5.52. The summed E-state index contributed by atoms with van der Waals surface area (Å²) in [5, 5.41) is 2.84. The zero-order valence-electron chi connectivity index (χ0n) is 19.3. The Labute approximate surface area is 196 Å². The predicted octanol–water partition coefficient (Wildman–Crippen LogP) is 4.96. The van der Waals surface area contributed by atoms with E-state index in [0.29, 0.717) is 18.5 Å². The van der Waals surface area contributed by atoms with Gasteiger partial charge in [-0.15, -0.1) is 0 Å². The van der Waals surface area contributed by atoms with Gasteiger partial charge in [-0.1, -0.05) is 67.6 Å². The second-order valence-corrected chi connectivity index (χ2v) is 9.33. The molecule has 1 fully saturated rings. The number of nitrogens with one attached hydrogen (secondary N) is 1. The lowest BCUT2D eigenvalue weighted by atomic mass is 9.81. The molecule has 0 spiro atoms. The van der Waals surface area contributed by atoms with Gasteiger partial charge in [-0.3, -0.25) is 4.90 Å². The van der Waals surface area contributed by atoms with Crippen LogP contribution >= 0.6 is 0 Å². The highest BCUT2D eigenvalue weighted by atomic mass is 16.6. The van der Waals surface area contributed by atoms with E-state index in [1.54, 1.807) is 0 Å². The van der Waals surface area contributed by atoms with E-state index in [1.807, 2.05) is 36.4 Å². The number of benzene rings is 3. The highest BCUT2D eigenvalue weighted by Gasteiger charge is 2.53. The molecule has 2 aliphatic heterocycles. The summed E-state index contributed by atoms with van der Waals surface area (Å²) in [5.74, 6) is 0.595. The Morgan fingerprint density at radius 3 is 2.45 bits per heavy atom. The number of carbonyl (C=O) groups is 1. The van der Waals surface area contributed by atoms with Crippen LogP contribution in [-0.4, -0.2) is 37.3 Å². The fourth-order valence-corrected chi connectivity index (χ4v) is 5.52. The molecule has 1 saturated heterocycles. The molecule has 3 aromatic carbocycles. The van der Waals surface area contributed by atoms with E-state index in [4.69, 9.17) is 4.74 Å². The van der Waals surface area contributed by atoms with Crippen molar-refractivity contribution in [3.8, 4) is 5.75 Å². The maximum Gasteiger partial charge on any atom is 0.412 e. The van der Waals surface area contributed by atoms with Gasteiger partial charge in [0.25, 0.3) is 0 Å². The standard InChI is InChI=1S/C28H31N3O2/c1-28-16-18-31(17-15-21-9-5-3-6-10-21)26(28)30(2)25-14-13-23(19-24(25)28)33-27(32)29-20-22-11-7-4-8-12-22/h3-14,19,26H,15-18,20H2,1-2H3,(H,29,32)/t26?,28-/m0/s1. The van der Waals surface area contributed by atoms with Crippen LogP contribution in [0.1, 0.15) is 30.0 Å². The van der Waals surface area contributed by atoms with Gasteiger partial charge in [0.2, 0.25) is 0 Å². The Morgan fingerprint density at radius 1 is 1.03 bits per heavy atom. The number of likely N-dealkylation sites (N-methyl/N-ethyl adjacent to an activating group) is 1. The zero-order chi connectivity index (χ0) is 22.8. The van der Waals surface area contributed by atoms with Crippen molar-refractivity contribution < 1.29 is 9.53 Å². The van der Waals surface area contributed by atoms with Crippen molar-refractivity contribution in [2.24, 2.45) is 0 Å². The molecule has 0 saturated carbocycles. The molecule has 0 aliphatic carbocycles. The van der Waals surface area contributed by atoms with Crippen molar-refractivity contribution in [3.63, 3.8) is 0 Å². The Kier molecular flexibility index (Phi) is 5.81. The first kappa shape index (κ1) is 21.5. The van der Waals surface area contributed by atoms with Gasteiger partial charge in [-0.2, -0.15) is 0 Å². The fraction of sp³-hybridized carbons (Fsp3) is 0.321. The number of anilines is 1. The topological polar surface area (TPSA) is 44.8 Å². The molecule has 0 aromatic heterocycles. The molecule has 3 aromatic rings. The summed E-state index contributed by atoms with van der Waals surface area (Å²) in [5.41, 5.74) is 4.93. The minimum atomic E-state index is -0.428. The Balaban J connectivity index is 1.27. The molecule has 2 atom stereocenters. The number of fused-ring (bicyclic) bond motifs is 3. The third-order valence-electron chi connectivity index (χ3n) is 7.18. The largest absolute Gasteiger partial charge is 0.412 e. The molecule has 0 radical (unpaired) electrons. The summed E-state index contributed by atoms with van der Waals surface area (Å²) in [4.78, 5) is 17.4. The number of nitrogens with zero attached hydrogens (tertiary/aromatic N) is 2. The third kappa shape index (κ3) is 4.21. The lowest BCUT2D eigenvalue weighted by Gasteiger charge is -2.34. The summed E-state index contributed by atoms with van der Waals surface area (Å²) < 4.78 is 5.64. The molecule has 0 bridgehead atoms. The molecular formula is C28H31N3O2. The van der Waals surface area contributed by atoms with Crippen molar-refractivity contribution >= 4 is 11.8 Å². The van der Waals surface area contributed by atoms with Gasteiger partial charge in [0.1, 0.15) is 5.75 Å². The molecule has 33 heavy (non-hydrogen) atoms. The van der Waals surface area contributed by atoms with Crippen molar-refractivity contribution in [2.75, 3.05) is 25.0 Å². The summed E-state index contributed by atoms with van der Waals surface area (Å²) >= 11 is 0. The number of rotatable bonds is 6. The van der Waals surface area contributed by atoms with Crippen LogP contribution in [0.25, 0.3) is 0 Å². The second kappa shape index (κ2) is 8.91. The number of carbonyl (C=O) groups excluding carboxylic acids is 1. The summed E-state index contributed by atoms with van der Waals surface area (Å²) in [6.45, 7) is 4.90. The van der Waals surface area contributed by atoms with Crippen LogP contribution in [0.15, 0.2) is 78.9 Å². The zero-order valence-corrected chi connectivity index (χ0v) is 19.3. The average Bonchev–Trinajstić information content (AvgIpc) is 3.29. The first-order valence-corrected chi connectivity index (χ1v) is 11.7. The van der Waals surface area contributed by atoms with Gasteiger partial charge in [-0.25, -0.2) is 4.79 Å². The molecular weight excluding hydrogens is 410 g/mol. The SMILES string of the molecule is CN1c2ccc(OC(=O)NCc3ccccc3)cc2[C@]2(C)CCN(CCc3ccccc3)C12. The number of amides is 1. The molecule has 5 rings (SSSR count).